The van der Waals surface area contributed by atoms with Crippen LogP contribution < -0.4 is 5.56 Å². The number of carbonyl (C=O) groups is 1. The van der Waals surface area contributed by atoms with Gasteiger partial charge in [0.25, 0.3) is 5.56 Å². The van der Waals surface area contributed by atoms with Crippen molar-refractivity contribution in [1.82, 2.24) is 29.1 Å². The number of urea groups is 1. The zero-order valence-electron chi connectivity index (χ0n) is 20.9. The second-order valence-corrected chi connectivity index (χ2v) is 10.3. The molecule has 2 amide bonds. The zero-order valence-corrected chi connectivity index (χ0v) is 20.9. The fourth-order valence-electron chi connectivity index (χ4n) is 5.39. The van der Waals surface area contributed by atoms with Crippen molar-refractivity contribution in [3.05, 3.63) is 88.9 Å². The van der Waals surface area contributed by atoms with E-state index in [-0.39, 0.29) is 30.0 Å². The van der Waals surface area contributed by atoms with Crippen molar-refractivity contribution in [3.8, 4) is 5.69 Å². The molecule has 1 N–H and O–H groups in total. The minimum atomic E-state index is -1.12. The van der Waals surface area contributed by atoms with Crippen LogP contribution in [0, 0.1) is 5.82 Å². The van der Waals surface area contributed by atoms with Gasteiger partial charge in [-0.15, -0.1) is 0 Å². The van der Waals surface area contributed by atoms with Gasteiger partial charge in [-0.3, -0.25) is 9.36 Å². The van der Waals surface area contributed by atoms with Gasteiger partial charge in [-0.25, -0.2) is 18.9 Å². The van der Waals surface area contributed by atoms with Crippen LogP contribution >= 0.6 is 0 Å². The highest BCUT2D eigenvalue weighted by atomic mass is 19.1. The lowest BCUT2D eigenvalue weighted by atomic mass is 9.91. The van der Waals surface area contributed by atoms with E-state index in [9.17, 15) is 19.1 Å². The Morgan fingerprint density at radius 3 is 2.47 bits per heavy atom. The van der Waals surface area contributed by atoms with Crippen molar-refractivity contribution in [2.45, 2.75) is 43.9 Å². The van der Waals surface area contributed by atoms with Gasteiger partial charge in [0.1, 0.15) is 17.5 Å². The number of carbonyl (C=O) groups excluding carboxylic acids is 1. The van der Waals surface area contributed by atoms with Crippen LogP contribution in [-0.4, -0.2) is 71.5 Å². The molecule has 0 aliphatic carbocycles. The maximum absolute atomic E-state index is 13.3. The molecule has 0 bridgehead atoms. The lowest BCUT2D eigenvalue weighted by Crippen LogP contribution is -2.59. The van der Waals surface area contributed by atoms with Crippen LogP contribution in [0.25, 0.3) is 16.7 Å². The van der Waals surface area contributed by atoms with Crippen LogP contribution in [0.5, 0.6) is 0 Å². The van der Waals surface area contributed by atoms with Gasteiger partial charge in [0, 0.05) is 25.7 Å². The Morgan fingerprint density at radius 1 is 1.05 bits per heavy atom. The van der Waals surface area contributed by atoms with Crippen LogP contribution in [0.2, 0.25) is 0 Å². The quantitative estimate of drug-likeness (QED) is 0.440. The number of nitrogens with zero attached hydrogens (tertiary/aromatic N) is 6. The van der Waals surface area contributed by atoms with Crippen molar-refractivity contribution < 1.29 is 14.3 Å². The van der Waals surface area contributed by atoms with Crippen molar-refractivity contribution in [2.24, 2.45) is 0 Å². The van der Waals surface area contributed by atoms with Crippen LogP contribution in [0.4, 0.5) is 9.18 Å². The lowest BCUT2D eigenvalue weighted by molar-refractivity contribution is -0.0325. The van der Waals surface area contributed by atoms with Crippen LogP contribution in [0.3, 0.4) is 0 Å². The Labute approximate surface area is 218 Å². The molecule has 2 saturated heterocycles. The molecule has 1 atom stereocenters. The second kappa shape index (κ2) is 9.68. The predicted molar refractivity (Wildman–Crippen MR) is 139 cm³/mol. The summed E-state index contributed by atoms with van der Waals surface area (Å²) in [6, 6.07) is 16.2. The third-order valence-corrected chi connectivity index (χ3v) is 7.76. The molecule has 10 heteroatoms. The number of halogens is 1. The summed E-state index contributed by atoms with van der Waals surface area (Å²) in [7, 11) is 0. The van der Waals surface area contributed by atoms with Crippen molar-refractivity contribution in [2.75, 3.05) is 19.6 Å². The summed E-state index contributed by atoms with van der Waals surface area (Å²) in [5.41, 5.74) is 0.753. The number of benzene rings is 2. The minimum Gasteiger partial charge on any atom is -0.388 e. The van der Waals surface area contributed by atoms with Gasteiger partial charge in [-0.1, -0.05) is 30.3 Å². The summed E-state index contributed by atoms with van der Waals surface area (Å²) in [4.78, 5) is 34.5. The Morgan fingerprint density at radius 2 is 1.79 bits per heavy atom. The van der Waals surface area contributed by atoms with E-state index in [2.05, 4.69) is 22.2 Å². The highest BCUT2D eigenvalue weighted by Gasteiger charge is 2.39. The van der Waals surface area contributed by atoms with E-state index in [1.807, 2.05) is 28.0 Å². The molecule has 2 aliphatic heterocycles. The van der Waals surface area contributed by atoms with Crippen molar-refractivity contribution in [3.63, 3.8) is 0 Å². The SMILES string of the molecule is O=C(N1CCC(O)(Cn2cnc3c(cnn3-c3ccc(F)cc3)c2=O)CC1)N1CC[C@H]1Cc1ccccc1. The molecule has 0 saturated carbocycles. The average Bonchev–Trinajstić information content (AvgIpc) is 3.34. The van der Waals surface area contributed by atoms with E-state index in [0.717, 1.165) is 19.4 Å². The molecule has 6 rings (SSSR count). The molecule has 2 fully saturated rings. The Balaban J connectivity index is 1.11. The minimum absolute atomic E-state index is 0.0210. The first-order valence-corrected chi connectivity index (χ1v) is 12.9. The molecule has 9 nitrogen and oxygen atoms in total. The molecule has 0 unspecified atom stereocenters. The topological polar surface area (TPSA) is 96.5 Å². The number of hydrogen-bond acceptors (Lipinski definition) is 5. The summed E-state index contributed by atoms with van der Waals surface area (Å²) in [5, 5.41) is 15.9. The summed E-state index contributed by atoms with van der Waals surface area (Å²) < 4.78 is 16.2. The van der Waals surface area contributed by atoms with E-state index >= 15 is 0 Å². The lowest BCUT2D eigenvalue weighted by Gasteiger charge is -2.46. The monoisotopic (exact) mass is 516 g/mol. The van der Waals surface area contributed by atoms with E-state index in [0.29, 0.717) is 42.7 Å². The summed E-state index contributed by atoms with van der Waals surface area (Å²) in [6.45, 7) is 1.69. The molecule has 2 aliphatic rings. The smallest absolute Gasteiger partial charge is 0.320 e. The molecular formula is C28H29FN6O3. The third-order valence-electron chi connectivity index (χ3n) is 7.76. The number of aromatic nitrogens is 4. The standard InChI is InChI=1S/C28H29FN6O3/c29-21-6-8-22(9-7-21)35-25-24(17-31-35)26(36)33(19-30-25)18-28(38)11-14-32(15-12-28)27(37)34-13-10-23(34)16-20-4-2-1-3-5-20/h1-9,17,19,23,38H,10-16,18H2/t23-/m0/s1. The van der Waals surface area contributed by atoms with Gasteiger partial charge < -0.3 is 14.9 Å². The van der Waals surface area contributed by atoms with Crippen molar-refractivity contribution in [1.29, 1.82) is 0 Å². The summed E-state index contributed by atoms with van der Waals surface area (Å²) >= 11 is 0. The molecule has 0 spiro atoms. The molecule has 38 heavy (non-hydrogen) atoms. The fraction of sp³-hybridized carbons (Fsp3) is 0.357. The number of rotatable bonds is 5. The number of fused-ring (bicyclic) bond motifs is 1. The summed E-state index contributed by atoms with van der Waals surface area (Å²) in [6.07, 6.45) is 5.43. The fourth-order valence-corrected chi connectivity index (χ4v) is 5.39. The Kier molecular flexibility index (Phi) is 6.19. The van der Waals surface area contributed by atoms with Gasteiger partial charge in [-0.2, -0.15) is 5.10 Å². The Bertz CT molecular complexity index is 1510. The van der Waals surface area contributed by atoms with Gasteiger partial charge in [0.2, 0.25) is 0 Å². The van der Waals surface area contributed by atoms with E-state index in [4.69, 9.17) is 0 Å². The van der Waals surface area contributed by atoms with Crippen LogP contribution in [-0.2, 0) is 13.0 Å². The first-order chi connectivity index (χ1) is 18.4. The van der Waals surface area contributed by atoms with Crippen molar-refractivity contribution >= 4 is 17.1 Å². The maximum Gasteiger partial charge on any atom is 0.320 e. The molecular weight excluding hydrogens is 487 g/mol. The highest BCUT2D eigenvalue weighted by Crippen LogP contribution is 2.28. The normalized spacial score (nSPS) is 18.9. The number of hydrogen-bond donors (Lipinski definition) is 1. The van der Waals surface area contributed by atoms with Gasteiger partial charge in [0.15, 0.2) is 5.65 Å². The summed E-state index contributed by atoms with van der Waals surface area (Å²) in [5.74, 6) is -0.363. The van der Waals surface area contributed by atoms with Gasteiger partial charge >= 0.3 is 6.03 Å². The molecule has 4 aromatic rings. The van der Waals surface area contributed by atoms with Crippen LogP contribution in [0.15, 0.2) is 71.9 Å². The second-order valence-electron chi connectivity index (χ2n) is 10.3. The Hall–Kier alpha value is -4.05. The number of likely N-dealkylation sites (tertiary alicyclic amines) is 2. The first-order valence-electron chi connectivity index (χ1n) is 12.9. The molecule has 0 radical (unpaired) electrons. The van der Waals surface area contributed by atoms with E-state index in [1.54, 1.807) is 12.1 Å². The average molecular weight is 517 g/mol. The van der Waals surface area contributed by atoms with E-state index < -0.39 is 5.60 Å². The molecule has 196 valence electrons. The van der Waals surface area contributed by atoms with Gasteiger partial charge in [0.05, 0.1) is 24.0 Å². The maximum atomic E-state index is 13.3. The molecule has 2 aromatic carbocycles. The number of aliphatic hydroxyl groups is 1. The van der Waals surface area contributed by atoms with Gasteiger partial charge in [-0.05, 0) is 55.5 Å². The molecule has 2 aromatic heterocycles. The molecule has 4 heterocycles. The van der Waals surface area contributed by atoms with E-state index in [1.165, 1.54) is 39.5 Å². The predicted octanol–water partition coefficient (Wildman–Crippen LogP) is 2.99. The largest absolute Gasteiger partial charge is 0.388 e. The third kappa shape index (κ3) is 4.56. The van der Waals surface area contributed by atoms with Crippen LogP contribution in [0.1, 0.15) is 24.8 Å². The zero-order chi connectivity index (χ0) is 26.3. The number of amides is 2. The first kappa shape index (κ1) is 24.3. The number of piperidine rings is 1. The highest BCUT2D eigenvalue weighted by molar-refractivity contribution is 5.76.